The number of aliphatic hydroxyl groups is 1. The van der Waals surface area contributed by atoms with Gasteiger partial charge in [0.15, 0.2) is 4.88 Å². The summed E-state index contributed by atoms with van der Waals surface area (Å²) in [6, 6.07) is 9.60. The number of amides is 1. The van der Waals surface area contributed by atoms with Gasteiger partial charge in [-0.15, -0.1) is 11.3 Å². The number of aromatic nitrogens is 3. The number of ether oxygens (including phenoxy) is 1. The van der Waals surface area contributed by atoms with Gasteiger partial charge in [-0.25, -0.2) is 4.98 Å². The van der Waals surface area contributed by atoms with Gasteiger partial charge in [0.2, 0.25) is 5.88 Å². The van der Waals surface area contributed by atoms with Crippen LogP contribution < -0.4 is 10.5 Å². The van der Waals surface area contributed by atoms with Crippen molar-refractivity contribution in [3.05, 3.63) is 69.3 Å². The number of primary amides is 1. The topological polar surface area (TPSA) is 106 Å². The third-order valence-electron chi connectivity index (χ3n) is 5.01. The molecule has 1 aromatic carbocycles. The molecule has 0 aliphatic carbocycles. The molecule has 33 heavy (non-hydrogen) atoms. The average Bonchev–Trinajstić information content (AvgIpc) is 3.38. The van der Waals surface area contributed by atoms with Crippen LogP contribution in [0.4, 0.5) is 0 Å². The first-order valence-electron chi connectivity index (χ1n) is 10.3. The molecule has 0 unspecified atom stereocenters. The van der Waals surface area contributed by atoms with Crippen molar-refractivity contribution in [1.82, 2.24) is 19.3 Å². The molecule has 172 valence electrons. The molecular formula is C23H24ClN5O3S. The Morgan fingerprint density at radius 2 is 2.06 bits per heavy atom. The van der Waals surface area contributed by atoms with E-state index < -0.39 is 5.91 Å². The molecule has 10 heteroatoms. The van der Waals surface area contributed by atoms with Gasteiger partial charge in [0, 0.05) is 24.2 Å². The molecule has 0 aliphatic rings. The number of thiazole rings is 1. The third kappa shape index (κ3) is 5.17. The summed E-state index contributed by atoms with van der Waals surface area (Å²) in [7, 11) is 4.01. The van der Waals surface area contributed by atoms with Crippen LogP contribution in [0.15, 0.2) is 42.7 Å². The van der Waals surface area contributed by atoms with E-state index in [-0.39, 0.29) is 24.0 Å². The summed E-state index contributed by atoms with van der Waals surface area (Å²) in [5.41, 5.74) is 9.78. The lowest BCUT2D eigenvalue weighted by Gasteiger charge is -2.12. The Kier molecular flexibility index (Phi) is 6.94. The average molecular weight is 486 g/mol. The van der Waals surface area contributed by atoms with Gasteiger partial charge in [-0.05, 0) is 42.9 Å². The van der Waals surface area contributed by atoms with E-state index in [0.29, 0.717) is 27.8 Å². The van der Waals surface area contributed by atoms with Crippen molar-refractivity contribution in [2.45, 2.75) is 19.6 Å². The number of carbonyl (C=O) groups is 1. The Labute approximate surface area is 200 Å². The normalized spacial score (nSPS) is 11.4. The summed E-state index contributed by atoms with van der Waals surface area (Å²) in [6.45, 7) is 1.01. The highest BCUT2D eigenvalue weighted by Crippen LogP contribution is 2.33. The van der Waals surface area contributed by atoms with Crippen LogP contribution in [-0.4, -0.2) is 51.0 Å². The first kappa shape index (κ1) is 23.2. The molecule has 4 rings (SSSR count). The number of hydrogen-bond donors (Lipinski definition) is 2. The predicted octanol–water partition coefficient (Wildman–Crippen LogP) is 3.39. The Bertz CT molecular complexity index is 1300. The minimum Gasteiger partial charge on any atom is -0.476 e. The number of imidazole rings is 1. The number of aliphatic hydroxyl groups excluding tert-OH is 1. The molecule has 3 heterocycles. The molecule has 8 nitrogen and oxygen atoms in total. The van der Waals surface area contributed by atoms with Gasteiger partial charge in [-0.1, -0.05) is 29.8 Å². The summed E-state index contributed by atoms with van der Waals surface area (Å²) in [5, 5.41) is 10.7. The predicted molar refractivity (Wildman–Crippen MR) is 129 cm³/mol. The van der Waals surface area contributed by atoms with E-state index in [0.717, 1.165) is 34.6 Å². The van der Waals surface area contributed by atoms with E-state index in [1.165, 1.54) is 0 Å². The molecule has 0 fully saturated rings. The summed E-state index contributed by atoms with van der Waals surface area (Å²) in [6.07, 6.45) is 4.01. The monoisotopic (exact) mass is 485 g/mol. The molecule has 0 saturated carbocycles. The minimum atomic E-state index is -0.607. The van der Waals surface area contributed by atoms with Crippen molar-refractivity contribution in [1.29, 1.82) is 0 Å². The number of carbonyl (C=O) groups excluding carboxylic acids is 1. The fourth-order valence-electron chi connectivity index (χ4n) is 3.46. The first-order chi connectivity index (χ1) is 15.9. The number of fused-ring (bicyclic) bond motifs is 1. The standard InChI is InChI=1S/C23H24ClN5O3S/c1-28(2)11-14-3-5-16(17(24)9-14)7-8-32-22-20(21(25)31)33-23(27-22)18-10-26-19-6-4-15(13-30)12-29(18)19/h3-6,9-10,12,30H,7-8,11,13H2,1-2H3,(H2,25,31). The van der Waals surface area contributed by atoms with Crippen LogP contribution in [0.1, 0.15) is 26.4 Å². The quantitative estimate of drug-likeness (QED) is 0.376. The summed E-state index contributed by atoms with van der Waals surface area (Å²) >= 11 is 7.58. The molecule has 1 amide bonds. The number of rotatable bonds is 9. The smallest absolute Gasteiger partial charge is 0.264 e. The van der Waals surface area contributed by atoms with Gasteiger partial charge < -0.3 is 20.5 Å². The van der Waals surface area contributed by atoms with Gasteiger partial charge in [0.05, 0.1) is 19.4 Å². The van der Waals surface area contributed by atoms with Crippen LogP contribution in [0, 0.1) is 0 Å². The molecule has 0 bridgehead atoms. The second-order valence-corrected chi connectivity index (χ2v) is 9.25. The van der Waals surface area contributed by atoms with E-state index in [9.17, 15) is 9.90 Å². The van der Waals surface area contributed by atoms with E-state index in [1.54, 1.807) is 18.5 Å². The second-order valence-electron chi connectivity index (χ2n) is 7.85. The summed E-state index contributed by atoms with van der Waals surface area (Å²) in [4.78, 5) is 23.2. The van der Waals surface area contributed by atoms with Crippen LogP contribution in [0.2, 0.25) is 5.02 Å². The molecule has 4 aromatic rings. The number of pyridine rings is 1. The maximum absolute atomic E-state index is 12.0. The minimum absolute atomic E-state index is 0.0923. The van der Waals surface area contributed by atoms with Crippen LogP contribution in [0.3, 0.4) is 0 Å². The van der Waals surface area contributed by atoms with Gasteiger partial charge in [0.25, 0.3) is 5.91 Å². The van der Waals surface area contributed by atoms with Gasteiger partial charge >= 0.3 is 0 Å². The van der Waals surface area contributed by atoms with Crippen LogP contribution in [0.5, 0.6) is 5.88 Å². The van der Waals surface area contributed by atoms with Crippen LogP contribution in [0.25, 0.3) is 16.3 Å². The SMILES string of the molecule is CN(C)Cc1ccc(CCOc2nc(-c3cnc4ccc(CO)cn34)sc2C(N)=O)c(Cl)c1. The fraction of sp³-hybridized carbons (Fsp3) is 0.261. The largest absolute Gasteiger partial charge is 0.476 e. The highest BCUT2D eigenvalue weighted by Gasteiger charge is 2.20. The Hall–Kier alpha value is -2.98. The molecular weight excluding hydrogens is 462 g/mol. The van der Waals surface area contributed by atoms with Gasteiger partial charge in [-0.2, -0.15) is 4.98 Å². The number of nitrogens with two attached hydrogens (primary N) is 1. The van der Waals surface area contributed by atoms with E-state index in [4.69, 9.17) is 22.1 Å². The van der Waals surface area contributed by atoms with Crippen LogP contribution in [-0.2, 0) is 19.6 Å². The highest BCUT2D eigenvalue weighted by molar-refractivity contribution is 7.17. The van der Waals surface area contributed by atoms with Gasteiger partial charge in [0.1, 0.15) is 16.3 Å². The van der Waals surface area contributed by atoms with Crippen molar-refractivity contribution >= 4 is 34.5 Å². The zero-order chi connectivity index (χ0) is 23.5. The van der Waals surface area contributed by atoms with Gasteiger partial charge in [-0.3, -0.25) is 9.20 Å². The lowest BCUT2D eigenvalue weighted by atomic mass is 10.1. The molecule has 0 aliphatic heterocycles. The van der Waals surface area contributed by atoms with Crippen molar-refractivity contribution < 1.29 is 14.6 Å². The fourth-order valence-corrected chi connectivity index (χ4v) is 4.63. The zero-order valence-corrected chi connectivity index (χ0v) is 19.9. The number of hydrogen-bond acceptors (Lipinski definition) is 7. The zero-order valence-electron chi connectivity index (χ0n) is 18.3. The Balaban J connectivity index is 1.53. The lowest BCUT2D eigenvalue weighted by molar-refractivity contribution is 0.1000. The van der Waals surface area contributed by atoms with Crippen molar-refractivity contribution in [2.75, 3.05) is 20.7 Å². The number of halogens is 1. The molecule has 0 radical (unpaired) electrons. The van der Waals surface area contributed by atoms with E-state index in [1.807, 2.05) is 42.8 Å². The van der Waals surface area contributed by atoms with Crippen molar-refractivity contribution in [3.63, 3.8) is 0 Å². The Morgan fingerprint density at radius 1 is 1.27 bits per heavy atom. The molecule has 0 atom stereocenters. The summed E-state index contributed by atoms with van der Waals surface area (Å²) < 4.78 is 7.66. The molecule has 3 aromatic heterocycles. The number of nitrogens with zero attached hydrogens (tertiary/aromatic N) is 4. The number of benzene rings is 1. The van der Waals surface area contributed by atoms with E-state index >= 15 is 0 Å². The molecule has 0 spiro atoms. The molecule has 0 saturated heterocycles. The van der Waals surface area contributed by atoms with Crippen molar-refractivity contribution in [2.24, 2.45) is 5.73 Å². The van der Waals surface area contributed by atoms with Crippen molar-refractivity contribution in [3.8, 4) is 16.6 Å². The lowest BCUT2D eigenvalue weighted by Crippen LogP contribution is -2.12. The highest BCUT2D eigenvalue weighted by atomic mass is 35.5. The maximum Gasteiger partial charge on any atom is 0.264 e. The third-order valence-corrected chi connectivity index (χ3v) is 6.44. The van der Waals surface area contributed by atoms with E-state index in [2.05, 4.69) is 14.9 Å². The molecule has 3 N–H and O–H groups in total. The summed E-state index contributed by atoms with van der Waals surface area (Å²) in [5.74, 6) is -0.416. The van der Waals surface area contributed by atoms with Crippen LogP contribution >= 0.6 is 22.9 Å². The maximum atomic E-state index is 12.0. The second kappa shape index (κ2) is 9.88. The first-order valence-corrected chi connectivity index (χ1v) is 11.5. The Morgan fingerprint density at radius 3 is 2.76 bits per heavy atom.